The Morgan fingerprint density at radius 2 is 1.48 bits per heavy atom. The number of aliphatic hydroxyl groups is 1. The molecule has 0 aliphatic heterocycles. The molecule has 2 amide bonds. The number of alkyl carbamates (subject to hydrolysis) is 1. The van der Waals surface area contributed by atoms with E-state index < -0.39 is 41.6 Å². The molecule has 0 aromatic heterocycles. The monoisotopic (exact) mass is 454 g/mol. The van der Waals surface area contributed by atoms with Gasteiger partial charge in [-0.3, -0.25) is 4.79 Å². The van der Waals surface area contributed by atoms with Crippen LogP contribution >= 0.6 is 0 Å². The summed E-state index contributed by atoms with van der Waals surface area (Å²) in [7, 11) is 0. The number of carboxylic acid groups (broad SMARTS) is 1. The number of ether oxygens (including phenoxy) is 1. The van der Waals surface area contributed by atoms with E-state index in [0.29, 0.717) is 0 Å². The van der Waals surface area contributed by atoms with E-state index in [4.69, 9.17) is 9.84 Å². The SMILES string of the molecule is CC(O)(CNC(=O)[C@@H](NC(=O)OCC1c2ccccc2-c2ccccc21)C(C)(C)C)C(=O)O. The van der Waals surface area contributed by atoms with Gasteiger partial charge in [0.25, 0.3) is 0 Å². The number of hydrogen-bond acceptors (Lipinski definition) is 5. The zero-order valence-electron chi connectivity index (χ0n) is 19.2. The molecule has 1 aliphatic carbocycles. The predicted molar refractivity (Wildman–Crippen MR) is 123 cm³/mol. The van der Waals surface area contributed by atoms with E-state index in [9.17, 15) is 19.5 Å². The van der Waals surface area contributed by atoms with Crippen molar-refractivity contribution in [1.29, 1.82) is 0 Å². The average molecular weight is 455 g/mol. The summed E-state index contributed by atoms with van der Waals surface area (Å²) >= 11 is 0. The molecule has 8 heteroatoms. The molecule has 3 rings (SSSR count). The number of benzene rings is 2. The lowest BCUT2D eigenvalue weighted by Crippen LogP contribution is -2.56. The third-order valence-electron chi connectivity index (χ3n) is 5.80. The van der Waals surface area contributed by atoms with E-state index in [1.54, 1.807) is 20.8 Å². The van der Waals surface area contributed by atoms with Gasteiger partial charge in [0.15, 0.2) is 5.60 Å². The summed E-state index contributed by atoms with van der Waals surface area (Å²) in [6.45, 7) is 5.97. The minimum absolute atomic E-state index is 0.103. The fourth-order valence-corrected chi connectivity index (χ4v) is 3.87. The van der Waals surface area contributed by atoms with Crippen LogP contribution < -0.4 is 10.6 Å². The fourth-order valence-electron chi connectivity index (χ4n) is 3.87. The van der Waals surface area contributed by atoms with Gasteiger partial charge in [-0.1, -0.05) is 69.3 Å². The van der Waals surface area contributed by atoms with Crippen LogP contribution in [0.4, 0.5) is 4.79 Å². The van der Waals surface area contributed by atoms with Crippen molar-refractivity contribution >= 4 is 18.0 Å². The third kappa shape index (κ3) is 5.34. The van der Waals surface area contributed by atoms with Crippen molar-refractivity contribution in [3.05, 3.63) is 59.7 Å². The molecule has 2 aromatic rings. The Labute approximate surface area is 193 Å². The Balaban J connectivity index is 1.67. The number of aliphatic carboxylic acids is 1. The Kier molecular flexibility index (Phi) is 6.78. The zero-order valence-corrected chi connectivity index (χ0v) is 19.2. The molecule has 0 spiro atoms. The Morgan fingerprint density at radius 3 is 1.97 bits per heavy atom. The molecule has 0 heterocycles. The molecule has 176 valence electrons. The van der Waals surface area contributed by atoms with E-state index in [1.807, 2.05) is 48.5 Å². The first-order valence-electron chi connectivity index (χ1n) is 10.8. The summed E-state index contributed by atoms with van der Waals surface area (Å²) in [5.74, 6) is -2.19. The summed E-state index contributed by atoms with van der Waals surface area (Å²) in [4.78, 5) is 36.4. The van der Waals surface area contributed by atoms with Gasteiger partial charge in [0.05, 0.1) is 6.54 Å². The Morgan fingerprint density at radius 1 is 0.970 bits per heavy atom. The standard InChI is InChI=1S/C25H30N2O6/c1-24(2,3)20(21(28)26-14-25(4,32)22(29)30)27-23(31)33-13-19-17-11-7-5-9-15(17)16-10-6-8-12-18(16)19/h5-12,19-20,32H,13-14H2,1-4H3,(H,26,28)(H,27,31)(H,29,30)/t20-,25?/m1/s1. The highest BCUT2D eigenvalue weighted by Gasteiger charge is 2.37. The molecular weight excluding hydrogens is 424 g/mol. The molecule has 2 atom stereocenters. The minimum Gasteiger partial charge on any atom is -0.479 e. The zero-order chi connectivity index (χ0) is 24.4. The minimum atomic E-state index is -2.12. The van der Waals surface area contributed by atoms with Crippen molar-refractivity contribution in [1.82, 2.24) is 10.6 Å². The van der Waals surface area contributed by atoms with Crippen molar-refractivity contribution in [3.8, 4) is 11.1 Å². The highest BCUT2D eigenvalue weighted by Crippen LogP contribution is 2.44. The lowest BCUT2D eigenvalue weighted by Gasteiger charge is -2.31. The van der Waals surface area contributed by atoms with E-state index >= 15 is 0 Å². The van der Waals surface area contributed by atoms with E-state index in [-0.39, 0.29) is 12.5 Å². The average Bonchev–Trinajstić information content (AvgIpc) is 3.07. The number of carboxylic acids is 1. The van der Waals surface area contributed by atoms with Gasteiger partial charge in [-0.05, 0) is 34.6 Å². The van der Waals surface area contributed by atoms with Gasteiger partial charge in [0.1, 0.15) is 12.6 Å². The van der Waals surface area contributed by atoms with Crippen molar-refractivity contribution in [2.45, 2.75) is 45.3 Å². The van der Waals surface area contributed by atoms with Crippen LogP contribution in [0.2, 0.25) is 0 Å². The number of fused-ring (bicyclic) bond motifs is 3. The summed E-state index contributed by atoms with van der Waals surface area (Å²) in [6, 6.07) is 15.0. The van der Waals surface area contributed by atoms with E-state index in [1.165, 1.54) is 0 Å². The van der Waals surface area contributed by atoms with Crippen LogP contribution in [-0.2, 0) is 14.3 Å². The summed E-state index contributed by atoms with van der Waals surface area (Å²) in [5, 5.41) is 23.9. The van der Waals surface area contributed by atoms with Gasteiger partial charge >= 0.3 is 12.1 Å². The molecule has 33 heavy (non-hydrogen) atoms. The quantitative estimate of drug-likeness (QED) is 0.510. The van der Waals surface area contributed by atoms with E-state index in [0.717, 1.165) is 29.2 Å². The van der Waals surface area contributed by atoms with Crippen LogP contribution in [0.3, 0.4) is 0 Å². The lowest BCUT2D eigenvalue weighted by molar-refractivity contribution is -0.156. The molecule has 2 aromatic carbocycles. The molecule has 0 radical (unpaired) electrons. The fraction of sp³-hybridized carbons (Fsp3) is 0.400. The maximum absolute atomic E-state index is 12.7. The van der Waals surface area contributed by atoms with Gasteiger partial charge in [0.2, 0.25) is 5.91 Å². The first kappa shape index (κ1) is 24.3. The van der Waals surface area contributed by atoms with Crippen LogP contribution in [0.15, 0.2) is 48.5 Å². The van der Waals surface area contributed by atoms with Gasteiger partial charge in [-0.25, -0.2) is 9.59 Å². The maximum Gasteiger partial charge on any atom is 0.407 e. The maximum atomic E-state index is 12.7. The second-order valence-electron chi connectivity index (χ2n) is 9.57. The topological polar surface area (TPSA) is 125 Å². The number of carbonyl (C=O) groups excluding carboxylic acids is 2. The van der Waals surface area contributed by atoms with Gasteiger partial charge < -0.3 is 25.6 Å². The normalized spacial score (nSPS) is 15.5. The van der Waals surface area contributed by atoms with Gasteiger partial charge in [0, 0.05) is 5.92 Å². The molecular formula is C25H30N2O6. The molecule has 4 N–H and O–H groups in total. The first-order valence-corrected chi connectivity index (χ1v) is 10.8. The summed E-state index contributed by atoms with van der Waals surface area (Å²) in [6.07, 6.45) is -0.753. The molecule has 1 aliphatic rings. The molecule has 1 unspecified atom stereocenters. The number of nitrogens with one attached hydrogen (secondary N) is 2. The highest BCUT2D eigenvalue weighted by molar-refractivity contribution is 5.87. The van der Waals surface area contributed by atoms with Crippen molar-refractivity contribution in [3.63, 3.8) is 0 Å². The number of rotatable bonds is 7. The van der Waals surface area contributed by atoms with Crippen LogP contribution in [0, 0.1) is 5.41 Å². The first-order chi connectivity index (χ1) is 15.4. The second-order valence-corrected chi connectivity index (χ2v) is 9.57. The van der Waals surface area contributed by atoms with Gasteiger partial charge in [-0.2, -0.15) is 0 Å². The number of hydrogen-bond donors (Lipinski definition) is 4. The molecule has 0 saturated carbocycles. The Hall–Kier alpha value is -3.39. The smallest absolute Gasteiger partial charge is 0.407 e. The molecule has 8 nitrogen and oxygen atoms in total. The van der Waals surface area contributed by atoms with Crippen LogP contribution in [0.5, 0.6) is 0 Å². The van der Waals surface area contributed by atoms with Crippen molar-refractivity contribution in [2.75, 3.05) is 13.2 Å². The second kappa shape index (κ2) is 9.23. The number of carbonyl (C=O) groups is 3. The number of amides is 2. The van der Waals surface area contributed by atoms with E-state index in [2.05, 4.69) is 10.6 Å². The highest BCUT2D eigenvalue weighted by atomic mass is 16.5. The third-order valence-corrected chi connectivity index (χ3v) is 5.80. The summed E-state index contributed by atoms with van der Waals surface area (Å²) < 4.78 is 5.53. The lowest BCUT2D eigenvalue weighted by atomic mass is 9.86. The molecule has 0 saturated heterocycles. The summed E-state index contributed by atoms with van der Waals surface area (Å²) in [5.41, 5.74) is 1.56. The van der Waals surface area contributed by atoms with Crippen LogP contribution in [-0.4, -0.2) is 53.0 Å². The predicted octanol–water partition coefficient (Wildman–Crippen LogP) is 2.89. The molecule has 0 fully saturated rings. The van der Waals surface area contributed by atoms with Crippen LogP contribution in [0.25, 0.3) is 11.1 Å². The largest absolute Gasteiger partial charge is 0.479 e. The molecule has 0 bridgehead atoms. The van der Waals surface area contributed by atoms with Crippen molar-refractivity contribution in [2.24, 2.45) is 5.41 Å². The van der Waals surface area contributed by atoms with Crippen LogP contribution in [0.1, 0.15) is 44.7 Å². The van der Waals surface area contributed by atoms with Gasteiger partial charge in [-0.15, -0.1) is 0 Å². The van der Waals surface area contributed by atoms with Crippen molar-refractivity contribution < 1.29 is 29.3 Å². The Bertz CT molecular complexity index is 1010.